The summed E-state index contributed by atoms with van der Waals surface area (Å²) in [5.41, 5.74) is 2.22. The molecule has 0 saturated heterocycles. The molecule has 1 nitrogen and oxygen atoms in total. The number of phenols is 1. The number of hydrogen-bond acceptors (Lipinski definition) is 1. The molecule has 66 valence electrons. The fourth-order valence-corrected chi connectivity index (χ4v) is 1.08. The first-order valence-corrected chi connectivity index (χ1v) is 4.21. The van der Waals surface area contributed by atoms with Crippen LogP contribution in [-0.2, 0) is 5.41 Å². The van der Waals surface area contributed by atoms with Crippen LogP contribution in [0.5, 0.6) is 5.75 Å². The third-order valence-corrected chi connectivity index (χ3v) is 2.08. The highest BCUT2D eigenvalue weighted by Gasteiger charge is 2.13. The van der Waals surface area contributed by atoms with E-state index in [9.17, 15) is 5.11 Å². The van der Waals surface area contributed by atoms with Gasteiger partial charge in [-0.2, -0.15) is 0 Å². The van der Waals surface area contributed by atoms with Crippen molar-refractivity contribution < 1.29 is 5.11 Å². The van der Waals surface area contributed by atoms with Crippen molar-refractivity contribution in [2.75, 3.05) is 0 Å². The van der Waals surface area contributed by atoms with Crippen LogP contribution >= 0.6 is 0 Å². The Balaban J connectivity index is 3.14. The summed E-state index contributed by atoms with van der Waals surface area (Å²) in [4.78, 5) is 0. The van der Waals surface area contributed by atoms with Gasteiger partial charge in [-0.15, -0.1) is 0 Å². The van der Waals surface area contributed by atoms with Crippen LogP contribution < -0.4 is 0 Å². The smallest absolute Gasteiger partial charge is 0.118 e. The molecular formula is C11H16O. The molecule has 0 aliphatic carbocycles. The van der Waals surface area contributed by atoms with Gasteiger partial charge in [0.15, 0.2) is 0 Å². The van der Waals surface area contributed by atoms with E-state index in [0.29, 0.717) is 5.75 Å². The second-order valence-corrected chi connectivity index (χ2v) is 4.25. The molecule has 1 aromatic rings. The van der Waals surface area contributed by atoms with Gasteiger partial charge >= 0.3 is 0 Å². The predicted octanol–water partition coefficient (Wildman–Crippen LogP) is 3.00. The van der Waals surface area contributed by atoms with Crippen LogP contribution in [0, 0.1) is 6.92 Å². The zero-order chi connectivity index (χ0) is 9.35. The van der Waals surface area contributed by atoms with Gasteiger partial charge in [0, 0.05) is 0 Å². The minimum absolute atomic E-state index is 0.116. The van der Waals surface area contributed by atoms with Gasteiger partial charge in [-0.3, -0.25) is 0 Å². The van der Waals surface area contributed by atoms with Gasteiger partial charge in [-0.1, -0.05) is 32.9 Å². The fraction of sp³-hybridized carbons (Fsp3) is 0.455. The van der Waals surface area contributed by atoms with Gasteiger partial charge in [-0.05, 0) is 29.5 Å². The Morgan fingerprint density at radius 2 is 1.75 bits per heavy atom. The minimum atomic E-state index is 0.116. The third kappa shape index (κ3) is 1.79. The van der Waals surface area contributed by atoms with E-state index in [2.05, 4.69) is 26.8 Å². The lowest BCUT2D eigenvalue weighted by molar-refractivity contribution is 0.467. The van der Waals surface area contributed by atoms with Gasteiger partial charge in [0.25, 0.3) is 0 Å². The fourth-order valence-electron chi connectivity index (χ4n) is 1.08. The highest BCUT2D eigenvalue weighted by atomic mass is 16.3. The summed E-state index contributed by atoms with van der Waals surface area (Å²) in [5.74, 6) is 0.391. The number of rotatable bonds is 0. The maximum absolute atomic E-state index is 9.46. The second kappa shape index (κ2) is 2.81. The molecule has 0 bridgehead atoms. The molecule has 1 N–H and O–H groups in total. The molecule has 0 heterocycles. The molecule has 0 aliphatic heterocycles. The lowest BCUT2D eigenvalue weighted by atomic mass is 9.86. The molecule has 0 aliphatic rings. The molecule has 0 saturated carbocycles. The van der Waals surface area contributed by atoms with E-state index >= 15 is 0 Å². The third-order valence-electron chi connectivity index (χ3n) is 2.08. The highest BCUT2D eigenvalue weighted by molar-refractivity contribution is 5.37. The van der Waals surface area contributed by atoms with E-state index in [1.165, 1.54) is 5.56 Å². The SMILES string of the molecule is Cc1ccc(C(C)(C)C)cc1O. The summed E-state index contributed by atoms with van der Waals surface area (Å²) in [6, 6.07) is 5.86. The van der Waals surface area contributed by atoms with Crippen LogP contribution in [0.15, 0.2) is 18.2 Å². The van der Waals surface area contributed by atoms with E-state index in [1.807, 2.05) is 19.1 Å². The average Bonchev–Trinajstić information content (AvgIpc) is 1.92. The molecule has 0 amide bonds. The molecule has 1 heteroatoms. The zero-order valence-electron chi connectivity index (χ0n) is 8.18. The number of aromatic hydroxyl groups is 1. The predicted molar refractivity (Wildman–Crippen MR) is 51.5 cm³/mol. The number of hydrogen-bond donors (Lipinski definition) is 1. The van der Waals surface area contributed by atoms with Crippen LogP contribution in [0.4, 0.5) is 0 Å². The van der Waals surface area contributed by atoms with Crippen molar-refractivity contribution in [1.29, 1.82) is 0 Å². The Labute approximate surface area is 74.1 Å². The maximum Gasteiger partial charge on any atom is 0.118 e. The monoisotopic (exact) mass is 164 g/mol. The summed E-state index contributed by atoms with van der Waals surface area (Å²) in [6.45, 7) is 8.31. The molecule has 0 aromatic heterocycles. The lowest BCUT2D eigenvalue weighted by Crippen LogP contribution is -2.10. The topological polar surface area (TPSA) is 20.2 Å². The Morgan fingerprint density at radius 3 is 2.17 bits per heavy atom. The van der Waals surface area contributed by atoms with Crippen molar-refractivity contribution in [3.8, 4) is 5.75 Å². The van der Waals surface area contributed by atoms with E-state index in [0.717, 1.165) is 5.56 Å². The van der Waals surface area contributed by atoms with Crippen molar-refractivity contribution in [3.63, 3.8) is 0 Å². The van der Waals surface area contributed by atoms with Crippen molar-refractivity contribution in [3.05, 3.63) is 29.3 Å². The van der Waals surface area contributed by atoms with E-state index in [-0.39, 0.29) is 5.41 Å². The largest absolute Gasteiger partial charge is 0.508 e. The Hall–Kier alpha value is -0.980. The Morgan fingerprint density at radius 1 is 1.17 bits per heavy atom. The van der Waals surface area contributed by atoms with Crippen molar-refractivity contribution in [2.24, 2.45) is 0 Å². The van der Waals surface area contributed by atoms with Gasteiger partial charge in [0.2, 0.25) is 0 Å². The molecule has 0 spiro atoms. The summed E-state index contributed by atoms with van der Waals surface area (Å²) in [5, 5.41) is 9.46. The van der Waals surface area contributed by atoms with Crippen LogP contribution in [0.25, 0.3) is 0 Å². The van der Waals surface area contributed by atoms with E-state index in [1.54, 1.807) is 0 Å². The number of benzene rings is 1. The van der Waals surface area contributed by atoms with E-state index in [4.69, 9.17) is 0 Å². The van der Waals surface area contributed by atoms with E-state index < -0.39 is 0 Å². The second-order valence-electron chi connectivity index (χ2n) is 4.25. The summed E-state index contributed by atoms with van der Waals surface area (Å²) in [6.07, 6.45) is 0. The van der Waals surface area contributed by atoms with Crippen molar-refractivity contribution >= 4 is 0 Å². The van der Waals surface area contributed by atoms with Crippen LogP contribution in [0.3, 0.4) is 0 Å². The standard InChI is InChI=1S/C11H16O/c1-8-5-6-9(7-10(8)12)11(2,3)4/h5-7,12H,1-4H3. The first-order valence-electron chi connectivity index (χ1n) is 4.21. The lowest BCUT2D eigenvalue weighted by Gasteiger charge is -2.19. The van der Waals surface area contributed by atoms with Gasteiger partial charge in [-0.25, -0.2) is 0 Å². The first-order chi connectivity index (χ1) is 5.41. The number of aryl methyl sites for hydroxylation is 1. The Kier molecular flexibility index (Phi) is 2.14. The molecule has 0 atom stereocenters. The maximum atomic E-state index is 9.46. The highest BCUT2D eigenvalue weighted by Crippen LogP contribution is 2.27. The molecule has 0 radical (unpaired) electrons. The summed E-state index contributed by atoms with van der Waals surface area (Å²) < 4.78 is 0. The van der Waals surface area contributed by atoms with Crippen molar-refractivity contribution in [2.45, 2.75) is 33.1 Å². The van der Waals surface area contributed by atoms with Crippen LogP contribution in [-0.4, -0.2) is 5.11 Å². The van der Waals surface area contributed by atoms with Crippen LogP contribution in [0.2, 0.25) is 0 Å². The van der Waals surface area contributed by atoms with Gasteiger partial charge in [0.1, 0.15) is 5.75 Å². The summed E-state index contributed by atoms with van der Waals surface area (Å²) in [7, 11) is 0. The molecule has 1 aromatic carbocycles. The number of phenolic OH excluding ortho intramolecular Hbond substituents is 1. The van der Waals surface area contributed by atoms with Gasteiger partial charge in [0.05, 0.1) is 0 Å². The molecule has 0 fully saturated rings. The minimum Gasteiger partial charge on any atom is -0.508 e. The molecular weight excluding hydrogens is 148 g/mol. The molecule has 1 rings (SSSR count). The van der Waals surface area contributed by atoms with Crippen molar-refractivity contribution in [1.82, 2.24) is 0 Å². The zero-order valence-corrected chi connectivity index (χ0v) is 8.18. The normalized spacial score (nSPS) is 11.7. The molecule has 12 heavy (non-hydrogen) atoms. The molecule has 0 unspecified atom stereocenters. The first kappa shape index (κ1) is 9.11. The van der Waals surface area contributed by atoms with Crippen LogP contribution in [0.1, 0.15) is 31.9 Å². The quantitative estimate of drug-likeness (QED) is 0.625. The Bertz CT molecular complexity index is 282. The average molecular weight is 164 g/mol. The van der Waals surface area contributed by atoms with Gasteiger partial charge < -0.3 is 5.11 Å². The summed E-state index contributed by atoms with van der Waals surface area (Å²) >= 11 is 0.